The van der Waals surface area contributed by atoms with Crippen molar-refractivity contribution >= 4 is 86.5 Å². The quantitative estimate of drug-likeness (QED) is 0.147. The van der Waals surface area contributed by atoms with Crippen LogP contribution in [0, 0.1) is 0 Å². The monoisotopic (exact) mass is 580 g/mol. The van der Waals surface area contributed by atoms with Gasteiger partial charge in [-0.05, 0) is 0 Å². The van der Waals surface area contributed by atoms with Crippen LogP contribution in [0.3, 0.4) is 0 Å². The molecule has 0 amide bonds. The Kier molecular flexibility index (Phi) is 36.7. The maximum atomic E-state index is 5.03. The van der Waals surface area contributed by atoms with Gasteiger partial charge in [0.15, 0.2) is 0 Å². The molecule has 0 aromatic rings. The molecule has 0 bridgehead atoms. The van der Waals surface area contributed by atoms with Crippen LogP contribution >= 0.6 is 11.4 Å². The smallest absolute Gasteiger partial charge is 2.00 e. The molecule has 0 atom stereocenters. The zero-order valence-electron chi connectivity index (χ0n) is 13.4. The first-order valence-corrected chi connectivity index (χ1v) is 13.2. The van der Waals surface area contributed by atoms with E-state index in [2.05, 4.69) is 26.3 Å². The van der Waals surface area contributed by atoms with Gasteiger partial charge in [0.2, 0.25) is 0 Å². The summed E-state index contributed by atoms with van der Waals surface area (Å²) in [5.74, 6) is 0. The Labute approximate surface area is 201 Å². The molecule has 0 N–H and O–H groups in total. The third-order valence-corrected chi connectivity index (χ3v) is 5.79. The number of hydrogen-bond acceptors (Lipinski definition) is 8. The van der Waals surface area contributed by atoms with Crippen molar-refractivity contribution in [1.29, 1.82) is 0 Å². The second kappa shape index (κ2) is 24.2. The van der Waals surface area contributed by atoms with Crippen LogP contribution in [0.15, 0.2) is 50.6 Å². The summed E-state index contributed by atoms with van der Waals surface area (Å²) in [5.41, 5.74) is -4.90. The SMILES string of the molecule is C=CCOP(=S)([S-])OCC=C.C=CCOP(=S)([S-])OCC=C.[Mo+6].[S-2].[S-2]. The third kappa shape index (κ3) is 31.1. The van der Waals surface area contributed by atoms with Crippen molar-refractivity contribution in [3.63, 3.8) is 0 Å². The van der Waals surface area contributed by atoms with Crippen molar-refractivity contribution in [3.8, 4) is 0 Å². The Morgan fingerprint density at radius 2 is 0.800 bits per heavy atom. The molecule has 0 unspecified atom stereocenters. The minimum atomic E-state index is -2.45. The third-order valence-electron chi connectivity index (χ3n) is 1.40. The molecule has 0 saturated carbocycles. The van der Waals surface area contributed by atoms with Crippen molar-refractivity contribution in [1.82, 2.24) is 0 Å². The molecule has 13 heteroatoms. The van der Waals surface area contributed by atoms with E-state index in [1.807, 2.05) is 0 Å². The van der Waals surface area contributed by atoms with Gasteiger partial charge in [-0.3, -0.25) is 0 Å². The van der Waals surface area contributed by atoms with Crippen LogP contribution in [0.4, 0.5) is 0 Å². The zero-order valence-corrected chi connectivity index (χ0v) is 22.0. The molecule has 0 aliphatic heterocycles. The fourth-order valence-electron chi connectivity index (χ4n) is 0.651. The van der Waals surface area contributed by atoms with Gasteiger partial charge in [0.1, 0.15) is 0 Å². The van der Waals surface area contributed by atoms with Crippen LogP contribution in [-0.2, 0) is 114 Å². The van der Waals surface area contributed by atoms with E-state index in [1.54, 1.807) is 24.3 Å². The van der Waals surface area contributed by atoms with Gasteiger partial charge in [0, 0.05) is 0 Å². The Bertz CT molecular complexity index is 381. The van der Waals surface area contributed by atoms with E-state index >= 15 is 0 Å². The summed E-state index contributed by atoms with van der Waals surface area (Å²) in [4.78, 5) is 0. The molecule has 0 aliphatic rings. The van der Waals surface area contributed by atoms with Crippen LogP contribution in [0.25, 0.3) is 0 Å². The molecule has 0 aromatic carbocycles. The van der Waals surface area contributed by atoms with Gasteiger partial charge in [-0.15, -0.1) is 26.3 Å². The fraction of sp³-hybridized carbons (Fsp3) is 0.333. The van der Waals surface area contributed by atoms with Gasteiger partial charge < -0.3 is 69.6 Å². The molecule has 0 aliphatic carbocycles. The van der Waals surface area contributed by atoms with Crippen molar-refractivity contribution in [2.75, 3.05) is 26.4 Å². The average molecular weight is 579 g/mol. The molecule has 0 radical (unpaired) electrons. The van der Waals surface area contributed by atoms with Crippen LogP contribution < -0.4 is 0 Å². The van der Waals surface area contributed by atoms with Crippen molar-refractivity contribution < 1.29 is 39.2 Å². The first-order chi connectivity index (χ1) is 10.2. The minimum absolute atomic E-state index is 0. The Hall–Kier alpha value is 2.19. The zero-order chi connectivity index (χ0) is 17.5. The van der Waals surface area contributed by atoms with Gasteiger partial charge >= 0.3 is 21.1 Å². The molecule has 25 heavy (non-hydrogen) atoms. The first-order valence-electron chi connectivity index (χ1n) is 5.88. The molecule has 0 spiro atoms. The standard InChI is InChI=1S/2C6H11O2PS2.Mo.2S/c2*1-3-5-7-9(10,11)8-6-4-2;;;/h2*3-4H,1-2,5-6H2,(H,10,11);;;/q;;+6;2*-2/p-2. The van der Waals surface area contributed by atoms with Crippen LogP contribution in [-0.4, -0.2) is 26.4 Å². The van der Waals surface area contributed by atoms with Crippen molar-refractivity contribution in [2.45, 2.75) is 0 Å². The van der Waals surface area contributed by atoms with E-state index in [0.29, 0.717) is 26.4 Å². The largest absolute Gasteiger partial charge is 6.00 e. The molecule has 0 heterocycles. The molecule has 0 fully saturated rings. The Balaban J connectivity index is -0.0000000952. The maximum absolute atomic E-state index is 5.03. The van der Waals surface area contributed by atoms with Gasteiger partial charge in [-0.25, -0.2) is 0 Å². The summed E-state index contributed by atoms with van der Waals surface area (Å²) in [7, 11) is 0. The molecular weight excluding hydrogens is 558 g/mol. The topological polar surface area (TPSA) is 36.9 Å². The fourth-order valence-corrected chi connectivity index (χ4v) is 3.41. The Morgan fingerprint density at radius 1 is 0.640 bits per heavy atom. The van der Waals surface area contributed by atoms with E-state index in [9.17, 15) is 0 Å². The van der Waals surface area contributed by atoms with Crippen molar-refractivity contribution in [2.24, 2.45) is 0 Å². The summed E-state index contributed by atoms with van der Waals surface area (Å²) in [6, 6.07) is 0. The molecule has 4 nitrogen and oxygen atoms in total. The van der Waals surface area contributed by atoms with Gasteiger partial charge in [-0.2, -0.15) is 0 Å². The molecule has 144 valence electrons. The summed E-state index contributed by atoms with van der Waals surface area (Å²) in [6.45, 7) is 15.3. The van der Waals surface area contributed by atoms with E-state index in [1.165, 1.54) is 0 Å². The first kappa shape index (κ1) is 37.9. The predicted molar refractivity (Wildman–Crippen MR) is 123 cm³/mol. The van der Waals surface area contributed by atoms with E-state index in [0.717, 1.165) is 0 Å². The summed E-state index contributed by atoms with van der Waals surface area (Å²) >= 11 is 19.4. The second-order valence-electron chi connectivity index (χ2n) is 3.23. The molecular formula is C12H20MoO4P2S6. The molecule has 0 aromatic heterocycles. The van der Waals surface area contributed by atoms with E-state index < -0.39 is 11.4 Å². The van der Waals surface area contributed by atoms with E-state index in [4.69, 9.17) is 66.2 Å². The molecule has 0 saturated heterocycles. The van der Waals surface area contributed by atoms with Crippen LogP contribution in [0.2, 0.25) is 0 Å². The molecule has 0 rings (SSSR count). The Morgan fingerprint density at radius 3 is 0.920 bits per heavy atom. The minimum Gasteiger partial charge on any atom is -2.00 e. The van der Waals surface area contributed by atoms with Crippen molar-refractivity contribution in [3.05, 3.63) is 50.6 Å². The van der Waals surface area contributed by atoms with E-state index in [-0.39, 0.29) is 48.1 Å². The van der Waals surface area contributed by atoms with Gasteiger partial charge in [0.25, 0.3) is 0 Å². The van der Waals surface area contributed by atoms with Crippen LogP contribution in [0.1, 0.15) is 0 Å². The summed E-state index contributed by atoms with van der Waals surface area (Å²) < 4.78 is 20.1. The normalized spacial score (nSPS) is 9.68. The predicted octanol–water partition coefficient (Wildman–Crippen LogP) is 4.32. The van der Waals surface area contributed by atoms with Gasteiger partial charge in [-0.1, -0.05) is 47.9 Å². The maximum Gasteiger partial charge on any atom is 6.00 e. The number of hydrogen-bond donors (Lipinski definition) is 0. The average Bonchev–Trinajstić information content (AvgIpc) is 2.48. The van der Waals surface area contributed by atoms with Crippen LogP contribution in [0.5, 0.6) is 0 Å². The summed E-state index contributed by atoms with van der Waals surface area (Å²) in [5, 5.41) is 0. The summed E-state index contributed by atoms with van der Waals surface area (Å²) in [6.07, 6.45) is 6.35. The van der Waals surface area contributed by atoms with Gasteiger partial charge in [0.05, 0.1) is 37.8 Å². The number of rotatable bonds is 12. The second-order valence-corrected chi connectivity index (χ2v) is 13.2.